The van der Waals surface area contributed by atoms with Crippen molar-refractivity contribution >= 4 is 49.8 Å². The number of esters is 2. The quantitative estimate of drug-likeness (QED) is 0.0272. The van der Waals surface area contributed by atoms with Crippen LogP contribution in [0, 0.1) is 0 Å². The topological polar surface area (TPSA) is 71.1 Å². The SMILES string of the molecule is CCCCCCCOc1ccc(C(=O)OCCc2ccccc2)cc1.CCCCCCCOc1ccc(C(=O)OCCc2ccccc2)cc1.Sc1ccccc1.Sc1ccccc1.Sc1ccccc1.[Ru+3].[Ru+3]. The number of carbonyl (C=O) groups excluding carboxylic acids is 2. The fourth-order valence-electron chi connectivity index (χ4n) is 6.43. The van der Waals surface area contributed by atoms with Gasteiger partial charge in [0.2, 0.25) is 0 Å². The molecule has 0 spiro atoms. The van der Waals surface area contributed by atoms with Gasteiger partial charge in [-0.05, 0) is 109 Å². The fraction of sp³-hybridized carbons (Fsp3) is 0.290. The number of hydrogen-bond donors (Lipinski definition) is 3. The van der Waals surface area contributed by atoms with E-state index >= 15 is 0 Å². The summed E-state index contributed by atoms with van der Waals surface area (Å²) in [6.45, 7) is 6.66. The van der Waals surface area contributed by atoms with Crippen molar-refractivity contribution in [1.29, 1.82) is 0 Å². The minimum Gasteiger partial charge on any atom is -0.494 e. The second kappa shape index (κ2) is 44.8. The molecule has 7 aromatic rings. The Morgan fingerprint density at radius 1 is 0.342 bits per heavy atom. The first kappa shape index (κ1) is 66.4. The molecule has 0 aromatic heterocycles. The van der Waals surface area contributed by atoms with Gasteiger partial charge in [0.1, 0.15) is 11.5 Å². The maximum absolute atomic E-state index is 12.0. The Bertz CT molecular complexity index is 2150. The van der Waals surface area contributed by atoms with Crippen LogP contribution >= 0.6 is 37.9 Å². The van der Waals surface area contributed by atoms with Gasteiger partial charge in [0.15, 0.2) is 0 Å². The molecule has 0 amide bonds. The van der Waals surface area contributed by atoms with Gasteiger partial charge in [-0.25, -0.2) is 9.59 Å². The third-order valence-electron chi connectivity index (χ3n) is 10.4. The molecule has 0 fully saturated rings. The molecule has 0 heterocycles. The van der Waals surface area contributed by atoms with Crippen LogP contribution in [0.25, 0.3) is 0 Å². The predicted molar refractivity (Wildman–Crippen MR) is 303 cm³/mol. The molecule has 73 heavy (non-hydrogen) atoms. The van der Waals surface area contributed by atoms with E-state index in [0.717, 1.165) is 76.2 Å². The summed E-state index contributed by atoms with van der Waals surface area (Å²) in [5.41, 5.74) is 3.45. The predicted octanol–water partition coefficient (Wildman–Crippen LogP) is 16.8. The molecule has 7 aromatic carbocycles. The monoisotopic (exact) mass is 1210 g/mol. The van der Waals surface area contributed by atoms with Crippen molar-refractivity contribution < 1.29 is 67.5 Å². The molecule has 7 rings (SSSR count). The number of benzene rings is 7. The molecule has 0 atom stereocenters. The van der Waals surface area contributed by atoms with Crippen molar-refractivity contribution in [3.63, 3.8) is 0 Å². The van der Waals surface area contributed by atoms with Gasteiger partial charge in [-0.2, -0.15) is 0 Å². The molecule has 0 saturated heterocycles. The number of rotatable bonds is 22. The summed E-state index contributed by atoms with van der Waals surface area (Å²) < 4.78 is 22.1. The smallest absolute Gasteiger partial charge is 0.494 e. The second-order valence-electron chi connectivity index (χ2n) is 16.3. The van der Waals surface area contributed by atoms with Gasteiger partial charge in [0.05, 0.1) is 37.6 Å². The van der Waals surface area contributed by atoms with Gasteiger partial charge >= 0.3 is 50.9 Å². The van der Waals surface area contributed by atoms with E-state index in [9.17, 15) is 9.59 Å². The molecule has 0 saturated carbocycles. The van der Waals surface area contributed by atoms with Crippen LogP contribution < -0.4 is 9.47 Å². The van der Waals surface area contributed by atoms with Gasteiger partial charge in [-0.15, -0.1) is 37.9 Å². The number of ether oxygens (including phenoxy) is 4. The molecule has 0 unspecified atom stereocenters. The van der Waals surface area contributed by atoms with Crippen LogP contribution in [0.15, 0.2) is 215 Å². The van der Waals surface area contributed by atoms with Gasteiger partial charge in [0, 0.05) is 27.5 Å². The number of hydrogen-bond acceptors (Lipinski definition) is 9. The van der Waals surface area contributed by atoms with Crippen LogP contribution in [0.3, 0.4) is 0 Å². The molecule has 6 nitrogen and oxygen atoms in total. The van der Waals surface area contributed by atoms with E-state index in [1.165, 1.54) is 51.4 Å². The van der Waals surface area contributed by atoms with Gasteiger partial charge in [-0.1, -0.05) is 180 Å². The summed E-state index contributed by atoms with van der Waals surface area (Å²) in [6.07, 6.45) is 13.7. The first-order valence-corrected chi connectivity index (χ1v) is 26.2. The molecule has 0 aliphatic rings. The minimum absolute atomic E-state index is 0. The van der Waals surface area contributed by atoms with Crippen LogP contribution in [0.2, 0.25) is 0 Å². The Morgan fingerprint density at radius 3 is 0.877 bits per heavy atom. The molecular weight excluding hydrogens is 1140 g/mol. The normalized spacial score (nSPS) is 9.66. The van der Waals surface area contributed by atoms with Gasteiger partial charge in [-0.3, -0.25) is 0 Å². The second-order valence-corrected chi connectivity index (χ2v) is 17.9. The van der Waals surface area contributed by atoms with Crippen LogP contribution in [0.4, 0.5) is 0 Å². The van der Waals surface area contributed by atoms with E-state index < -0.39 is 0 Å². The maximum atomic E-state index is 12.0. The van der Waals surface area contributed by atoms with Gasteiger partial charge < -0.3 is 18.9 Å². The summed E-state index contributed by atoms with van der Waals surface area (Å²) in [7, 11) is 0. The number of thiol groups is 3. The fourth-order valence-corrected chi connectivity index (χ4v) is 6.95. The van der Waals surface area contributed by atoms with Crippen molar-refractivity contribution in [3.8, 4) is 11.5 Å². The van der Waals surface area contributed by atoms with E-state index in [4.69, 9.17) is 18.9 Å². The maximum Gasteiger partial charge on any atom is 3.00 e. The average Bonchev–Trinajstić information content (AvgIpc) is 3.41. The van der Waals surface area contributed by atoms with E-state index in [-0.39, 0.29) is 50.9 Å². The van der Waals surface area contributed by atoms with E-state index in [2.05, 4.69) is 51.7 Å². The zero-order chi connectivity index (χ0) is 50.8. The van der Waals surface area contributed by atoms with E-state index in [1.54, 1.807) is 24.3 Å². The molecule has 11 heteroatoms. The Balaban J connectivity index is 0.000000512. The van der Waals surface area contributed by atoms with Crippen LogP contribution in [0.5, 0.6) is 11.5 Å². The summed E-state index contributed by atoms with van der Waals surface area (Å²) in [5.74, 6) is 1.02. The van der Waals surface area contributed by atoms with E-state index in [0.29, 0.717) is 24.3 Å². The van der Waals surface area contributed by atoms with Crippen molar-refractivity contribution in [2.75, 3.05) is 26.4 Å². The van der Waals surface area contributed by atoms with Gasteiger partial charge in [0.25, 0.3) is 0 Å². The summed E-state index contributed by atoms with van der Waals surface area (Å²) in [5, 5.41) is 0. The van der Waals surface area contributed by atoms with Crippen molar-refractivity contribution in [2.24, 2.45) is 0 Å². The molecule has 386 valence electrons. The number of carbonyl (C=O) groups is 2. The molecular formula is C62H74O6Ru2S3+6. The van der Waals surface area contributed by atoms with Crippen molar-refractivity contribution in [2.45, 2.75) is 106 Å². The average molecular weight is 1210 g/mol. The standard InChI is InChI=1S/2C22H28O3.3C6H6S.2Ru/c2*1-2-3-4-5-9-17-24-21-14-12-20(13-15-21)22(23)25-18-16-19-10-7-6-8-11-19;3*7-6-4-2-1-3-5-6;;/h2*6-8,10-15H,2-5,9,16-18H2,1H3;3*1-5,7H;;/q;;;;;2*+3. The van der Waals surface area contributed by atoms with Crippen LogP contribution in [0.1, 0.15) is 110 Å². The van der Waals surface area contributed by atoms with E-state index in [1.807, 2.05) is 176 Å². The third kappa shape index (κ3) is 34.5. The molecule has 0 N–H and O–H groups in total. The Hall–Kier alpha value is -4.62. The van der Waals surface area contributed by atoms with Crippen molar-refractivity contribution in [3.05, 3.63) is 222 Å². The van der Waals surface area contributed by atoms with Crippen LogP contribution in [-0.4, -0.2) is 38.4 Å². The molecule has 0 aliphatic heterocycles. The summed E-state index contributed by atoms with van der Waals surface area (Å²) in [6, 6.07) is 63.8. The Morgan fingerprint density at radius 2 is 0.616 bits per heavy atom. The molecule has 0 aliphatic carbocycles. The third-order valence-corrected chi connectivity index (χ3v) is 11.3. The summed E-state index contributed by atoms with van der Waals surface area (Å²) >= 11 is 12.3. The van der Waals surface area contributed by atoms with Crippen LogP contribution in [-0.2, 0) is 61.3 Å². The molecule has 2 radical (unpaired) electrons. The minimum atomic E-state index is -0.290. The zero-order valence-corrected chi connectivity index (χ0v) is 48.5. The first-order chi connectivity index (χ1) is 34.8. The zero-order valence-electron chi connectivity index (χ0n) is 42.4. The largest absolute Gasteiger partial charge is 3.00 e. The Kier molecular flexibility index (Phi) is 40.8. The Labute approximate surface area is 479 Å². The number of unbranched alkanes of at least 4 members (excludes halogenated alkanes) is 8. The molecule has 0 bridgehead atoms. The van der Waals surface area contributed by atoms with Crippen molar-refractivity contribution in [1.82, 2.24) is 0 Å². The summed E-state index contributed by atoms with van der Waals surface area (Å²) in [4.78, 5) is 27.1. The first-order valence-electron chi connectivity index (χ1n) is 24.9.